The van der Waals surface area contributed by atoms with Crippen LogP contribution in [-0.4, -0.2) is 42.0 Å². The summed E-state index contributed by atoms with van der Waals surface area (Å²) in [5.41, 5.74) is 5.60. The van der Waals surface area contributed by atoms with Crippen molar-refractivity contribution in [3.63, 3.8) is 0 Å². The number of carbonyl (C=O) groups excluding carboxylic acids is 1. The van der Waals surface area contributed by atoms with E-state index in [2.05, 4.69) is 10.2 Å². The van der Waals surface area contributed by atoms with Gasteiger partial charge in [-0.1, -0.05) is 26.1 Å². The first kappa shape index (κ1) is 15.4. The molecule has 0 aromatic heterocycles. The SMILES string of the molecule is CC(C)C(C(=O)NCCCN1CCCC1)C(N)=S. The summed E-state index contributed by atoms with van der Waals surface area (Å²) in [5.74, 6) is -0.216. The van der Waals surface area contributed by atoms with Crippen LogP contribution in [-0.2, 0) is 4.79 Å². The maximum absolute atomic E-state index is 11.9. The Morgan fingerprint density at radius 2 is 2.00 bits per heavy atom. The molecule has 1 aliphatic heterocycles. The van der Waals surface area contributed by atoms with Crippen LogP contribution < -0.4 is 11.1 Å². The van der Waals surface area contributed by atoms with Gasteiger partial charge in [0.25, 0.3) is 0 Å². The zero-order valence-corrected chi connectivity index (χ0v) is 12.3. The van der Waals surface area contributed by atoms with Gasteiger partial charge < -0.3 is 16.0 Å². The number of amides is 1. The van der Waals surface area contributed by atoms with Crippen molar-refractivity contribution >= 4 is 23.1 Å². The molecule has 1 amide bonds. The van der Waals surface area contributed by atoms with Gasteiger partial charge in [-0.15, -0.1) is 0 Å². The summed E-state index contributed by atoms with van der Waals surface area (Å²) in [4.78, 5) is 14.7. The van der Waals surface area contributed by atoms with Crippen molar-refractivity contribution in [2.45, 2.75) is 33.1 Å². The molecule has 0 aromatic rings. The monoisotopic (exact) mass is 271 g/mol. The van der Waals surface area contributed by atoms with E-state index in [-0.39, 0.29) is 17.7 Å². The zero-order valence-electron chi connectivity index (χ0n) is 11.4. The summed E-state index contributed by atoms with van der Waals surface area (Å²) >= 11 is 4.94. The van der Waals surface area contributed by atoms with Gasteiger partial charge >= 0.3 is 0 Å². The van der Waals surface area contributed by atoms with Crippen LogP contribution in [0.25, 0.3) is 0 Å². The molecule has 1 unspecified atom stereocenters. The molecule has 4 nitrogen and oxygen atoms in total. The number of likely N-dealkylation sites (tertiary alicyclic amines) is 1. The summed E-state index contributed by atoms with van der Waals surface area (Å²) in [6, 6.07) is 0. The molecule has 1 rings (SSSR count). The maximum Gasteiger partial charge on any atom is 0.230 e. The molecule has 1 saturated heterocycles. The van der Waals surface area contributed by atoms with Gasteiger partial charge in [-0.05, 0) is 44.8 Å². The third-order valence-electron chi connectivity index (χ3n) is 3.40. The molecule has 0 aliphatic carbocycles. The molecule has 5 heteroatoms. The summed E-state index contributed by atoms with van der Waals surface area (Å²) in [6.07, 6.45) is 3.61. The van der Waals surface area contributed by atoms with Crippen LogP contribution >= 0.6 is 12.2 Å². The summed E-state index contributed by atoms with van der Waals surface area (Å²) < 4.78 is 0. The zero-order chi connectivity index (χ0) is 13.5. The Bertz CT molecular complexity index is 288. The molecule has 1 fully saturated rings. The van der Waals surface area contributed by atoms with Crippen LogP contribution in [0.2, 0.25) is 0 Å². The van der Waals surface area contributed by atoms with E-state index in [0.717, 1.165) is 13.0 Å². The largest absolute Gasteiger partial charge is 0.393 e. The van der Waals surface area contributed by atoms with Crippen molar-refractivity contribution in [3.8, 4) is 0 Å². The van der Waals surface area contributed by atoms with Gasteiger partial charge in [-0.2, -0.15) is 0 Å². The first-order valence-electron chi connectivity index (χ1n) is 6.81. The molecule has 0 saturated carbocycles. The van der Waals surface area contributed by atoms with Crippen molar-refractivity contribution in [3.05, 3.63) is 0 Å². The average molecular weight is 271 g/mol. The number of hydrogen-bond donors (Lipinski definition) is 2. The van der Waals surface area contributed by atoms with Crippen LogP contribution in [0.5, 0.6) is 0 Å². The minimum atomic E-state index is -0.341. The summed E-state index contributed by atoms with van der Waals surface area (Å²) in [5, 5.41) is 2.94. The standard InChI is InChI=1S/C13H25N3OS/c1-10(2)11(12(14)18)13(17)15-6-5-9-16-7-3-4-8-16/h10-11H,3-9H2,1-2H3,(H2,14,18)(H,15,17). The quantitative estimate of drug-likeness (QED) is 0.539. The van der Waals surface area contributed by atoms with E-state index in [1.807, 2.05) is 13.8 Å². The van der Waals surface area contributed by atoms with Gasteiger partial charge in [0.15, 0.2) is 0 Å². The van der Waals surface area contributed by atoms with Gasteiger partial charge in [-0.25, -0.2) is 0 Å². The van der Waals surface area contributed by atoms with Crippen LogP contribution in [0.15, 0.2) is 0 Å². The molecule has 3 N–H and O–H groups in total. The number of rotatable bonds is 7. The predicted octanol–water partition coefficient (Wildman–Crippen LogP) is 1.15. The highest BCUT2D eigenvalue weighted by Crippen LogP contribution is 2.11. The van der Waals surface area contributed by atoms with Gasteiger partial charge in [-0.3, -0.25) is 4.79 Å². The van der Waals surface area contributed by atoms with E-state index >= 15 is 0 Å². The van der Waals surface area contributed by atoms with Crippen molar-refractivity contribution in [1.82, 2.24) is 10.2 Å². The van der Waals surface area contributed by atoms with Crippen molar-refractivity contribution in [2.24, 2.45) is 17.6 Å². The number of nitrogens with one attached hydrogen (secondary N) is 1. The van der Waals surface area contributed by atoms with E-state index in [1.165, 1.54) is 25.9 Å². The van der Waals surface area contributed by atoms with Crippen LogP contribution in [0.4, 0.5) is 0 Å². The average Bonchev–Trinajstić information content (AvgIpc) is 2.76. The second-order valence-corrected chi connectivity index (χ2v) is 5.79. The molecule has 0 radical (unpaired) electrons. The number of carbonyl (C=O) groups is 1. The minimum absolute atomic E-state index is 0.0288. The normalized spacial score (nSPS) is 17.9. The lowest BCUT2D eigenvalue weighted by atomic mass is 9.95. The molecule has 104 valence electrons. The molecule has 1 aliphatic rings. The second-order valence-electron chi connectivity index (χ2n) is 5.32. The fourth-order valence-electron chi connectivity index (χ4n) is 2.39. The third kappa shape index (κ3) is 4.90. The number of hydrogen-bond acceptors (Lipinski definition) is 3. The van der Waals surface area contributed by atoms with Crippen molar-refractivity contribution in [2.75, 3.05) is 26.2 Å². The molecular weight excluding hydrogens is 246 g/mol. The Morgan fingerprint density at radius 1 is 1.39 bits per heavy atom. The smallest absolute Gasteiger partial charge is 0.230 e. The van der Waals surface area contributed by atoms with Crippen molar-refractivity contribution < 1.29 is 4.79 Å². The van der Waals surface area contributed by atoms with Crippen LogP contribution in [0.1, 0.15) is 33.1 Å². The van der Waals surface area contributed by atoms with Crippen molar-refractivity contribution in [1.29, 1.82) is 0 Å². The predicted molar refractivity (Wildman–Crippen MR) is 78.4 cm³/mol. The Morgan fingerprint density at radius 3 is 2.50 bits per heavy atom. The molecule has 18 heavy (non-hydrogen) atoms. The van der Waals surface area contributed by atoms with E-state index in [4.69, 9.17) is 18.0 Å². The molecule has 0 bridgehead atoms. The Balaban J connectivity index is 2.20. The molecule has 1 atom stereocenters. The maximum atomic E-state index is 11.9. The number of nitrogens with zero attached hydrogens (tertiary/aromatic N) is 1. The molecule has 1 heterocycles. The number of thiocarbonyl (C=S) groups is 1. The highest BCUT2D eigenvalue weighted by Gasteiger charge is 2.24. The lowest BCUT2D eigenvalue weighted by Gasteiger charge is -2.19. The van der Waals surface area contributed by atoms with E-state index in [0.29, 0.717) is 11.5 Å². The van der Waals surface area contributed by atoms with Crippen LogP contribution in [0, 0.1) is 11.8 Å². The Kier molecular flexibility index (Phi) is 6.57. The first-order chi connectivity index (χ1) is 8.52. The molecular formula is C13H25N3OS. The minimum Gasteiger partial charge on any atom is -0.393 e. The topological polar surface area (TPSA) is 58.4 Å². The van der Waals surface area contributed by atoms with Gasteiger partial charge in [0, 0.05) is 6.54 Å². The molecule has 0 aromatic carbocycles. The van der Waals surface area contributed by atoms with Crippen LogP contribution in [0.3, 0.4) is 0 Å². The highest BCUT2D eigenvalue weighted by molar-refractivity contribution is 7.80. The Labute approximate surface area is 115 Å². The highest BCUT2D eigenvalue weighted by atomic mass is 32.1. The second kappa shape index (κ2) is 7.69. The van der Waals surface area contributed by atoms with Gasteiger partial charge in [0.1, 0.15) is 0 Å². The first-order valence-corrected chi connectivity index (χ1v) is 7.22. The van der Waals surface area contributed by atoms with E-state index in [9.17, 15) is 4.79 Å². The van der Waals surface area contributed by atoms with Gasteiger partial charge in [0.05, 0.1) is 10.9 Å². The van der Waals surface area contributed by atoms with E-state index in [1.54, 1.807) is 0 Å². The summed E-state index contributed by atoms with van der Waals surface area (Å²) in [6.45, 7) is 8.12. The Hall–Kier alpha value is -0.680. The number of nitrogens with two attached hydrogens (primary N) is 1. The molecule has 0 spiro atoms. The fraction of sp³-hybridized carbons (Fsp3) is 0.846. The third-order valence-corrected chi connectivity index (χ3v) is 3.66. The van der Waals surface area contributed by atoms with E-state index < -0.39 is 0 Å². The lowest BCUT2D eigenvalue weighted by molar-refractivity contribution is -0.123. The fourth-order valence-corrected chi connectivity index (χ4v) is 2.77. The summed E-state index contributed by atoms with van der Waals surface area (Å²) in [7, 11) is 0. The lowest BCUT2D eigenvalue weighted by Crippen LogP contribution is -2.41. The van der Waals surface area contributed by atoms with Gasteiger partial charge in [0.2, 0.25) is 5.91 Å².